The lowest BCUT2D eigenvalue weighted by Gasteiger charge is -2.45. The van der Waals surface area contributed by atoms with Crippen LogP contribution in [0.25, 0.3) is 154 Å². The van der Waals surface area contributed by atoms with Crippen molar-refractivity contribution in [3.8, 4) is 44.5 Å². The van der Waals surface area contributed by atoms with Gasteiger partial charge in [0.15, 0.2) is 0 Å². The molecule has 0 bridgehead atoms. The highest BCUT2D eigenvalue weighted by Gasteiger charge is 2.45. The molecule has 0 unspecified atom stereocenters. The molecule has 17 aromatic carbocycles. The van der Waals surface area contributed by atoms with Gasteiger partial charge in [-0.1, -0.05) is 255 Å². The maximum atomic E-state index is 6.94. The molecule has 2 aliphatic rings. The van der Waals surface area contributed by atoms with Gasteiger partial charge in [-0.05, 0) is 157 Å². The van der Waals surface area contributed by atoms with Crippen LogP contribution in [0.15, 0.2) is 370 Å². The van der Waals surface area contributed by atoms with E-state index in [2.05, 4.69) is 354 Å². The highest BCUT2D eigenvalue weighted by atomic mass is 16.3. The molecule has 492 valence electrons. The van der Waals surface area contributed by atoms with Gasteiger partial charge in [0.2, 0.25) is 0 Å². The number of hydrogen-bond acceptors (Lipinski definition) is 7. The molecule has 0 saturated heterocycles. The van der Waals surface area contributed by atoms with Gasteiger partial charge >= 0.3 is 0 Å². The van der Waals surface area contributed by atoms with Gasteiger partial charge in [-0.25, -0.2) is 0 Å². The van der Waals surface area contributed by atoms with Crippen molar-refractivity contribution in [3.63, 3.8) is 0 Å². The maximum absolute atomic E-state index is 6.94. The normalized spacial score (nSPS) is 12.7. The third-order valence-corrected chi connectivity index (χ3v) is 22.4. The summed E-state index contributed by atoms with van der Waals surface area (Å²) in [5.74, 6) is 0. The van der Waals surface area contributed by atoms with E-state index in [1.54, 1.807) is 0 Å². The minimum Gasteiger partial charge on any atom is -0.455 e. The molecule has 106 heavy (non-hydrogen) atoms. The van der Waals surface area contributed by atoms with Crippen molar-refractivity contribution >= 4 is 184 Å². The summed E-state index contributed by atoms with van der Waals surface area (Å²) in [5, 5.41) is 13.3. The number of benzene rings is 17. The molecule has 21 aromatic rings. The first-order valence-electron chi connectivity index (χ1n) is 36.2. The van der Waals surface area contributed by atoms with E-state index in [1.807, 2.05) is 12.1 Å². The number of furan rings is 4. The average Bonchev–Trinajstić information content (AvgIpc) is 0.827. The Balaban J connectivity index is 0.842. The molecular weight excluding hydrogens is 1290 g/mol. The number of fused-ring (bicyclic) bond motifs is 18. The molecule has 0 radical (unpaired) electrons. The summed E-state index contributed by atoms with van der Waals surface area (Å²) in [6.45, 7) is -0.293. The van der Waals surface area contributed by atoms with Gasteiger partial charge in [0.05, 0.1) is 5.69 Å². The molecular formula is C98H58BN3O4. The number of anilines is 9. The Bertz CT molecular complexity index is 6870. The van der Waals surface area contributed by atoms with Crippen molar-refractivity contribution in [1.82, 2.24) is 0 Å². The Morgan fingerprint density at radius 1 is 0.226 bits per heavy atom. The van der Waals surface area contributed by atoms with E-state index in [0.717, 1.165) is 211 Å². The molecule has 0 N–H and O–H groups in total. The fraction of sp³-hybridized carbons (Fsp3) is 0. The standard InChI is InChI=1S/C98H58BN3O4/c1-3-21-61-51-69(47-43-59(61)19-1)100(70-48-44-60-20-2-4-22-62(60)52-70)71-57-88-94-89(58-71)102(68-26-14-24-64(54-68)73-32-16-36-81-77-28-6-10-40-91(77)104-96(73)81)87-56-66(75-34-18-38-83-79-30-8-12-42-93(79)106-98(75)83)46-50-85(87)99(94)84-49-45-65(74-33-17-37-82-78-29-7-11-41-92(78)105-97(74)82)55-86(84)101(88)67-25-13-23-63(53-67)72-31-15-35-80-76-27-5-9-39-90(76)103-95(72)80/h1-58H. The smallest absolute Gasteiger partial charge is 0.252 e. The SMILES string of the molecule is c1cc(-c2cccc3c2oc2ccccc23)cc(N2c3cc(-c4cccc5c4oc4ccccc45)ccc3B3c4ccc(-c5cccc6c5oc5ccccc56)cc4N(c4cccc(-c5cccc6c5oc5ccccc56)c4)c4cc(N(c5ccc6ccccc6c5)c5ccc6ccccc6c5)cc2c43)c1. The quantitative estimate of drug-likeness (QED) is 0.133. The van der Waals surface area contributed by atoms with Crippen LogP contribution in [0.1, 0.15) is 0 Å². The molecule has 0 aliphatic carbocycles. The number of rotatable bonds is 9. The second-order valence-electron chi connectivity index (χ2n) is 28.2. The van der Waals surface area contributed by atoms with Crippen LogP contribution in [0.4, 0.5) is 51.2 Å². The third-order valence-electron chi connectivity index (χ3n) is 22.4. The van der Waals surface area contributed by atoms with Crippen molar-refractivity contribution in [2.45, 2.75) is 0 Å². The van der Waals surface area contributed by atoms with E-state index in [0.29, 0.717) is 0 Å². The first-order valence-corrected chi connectivity index (χ1v) is 36.2. The van der Waals surface area contributed by atoms with Gasteiger partial charge in [0.25, 0.3) is 6.71 Å². The molecule has 8 heteroatoms. The van der Waals surface area contributed by atoms with Crippen LogP contribution in [-0.2, 0) is 0 Å². The predicted octanol–water partition coefficient (Wildman–Crippen LogP) is 25.8. The second-order valence-corrected chi connectivity index (χ2v) is 28.2. The lowest BCUT2D eigenvalue weighted by Crippen LogP contribution is -2.61. The van der Waals surface area contributed by atoms with E-state index < -0.39 is 0 Å². The molecule has 7 nitrogen and oxygen atoms in total. The molecule has 0 amide bonds. The van der Waals surface area contributed by atoms with E-state index in [1.165, 1.54) is 10.8 Å². The minimum atomic E-state index is -0.293. The summed E-state index contributed by atoms with van der Waals surface area (Å²) in [6, 6.07) is 128. The van der Waals surface area contributed by atoms with Gasteiger partial charge in [0.1, 0.15) is 44.7 Å². The van der Waals surface area contributed by atoms with Crippen molar-refractivity contribution in [1.29, 1.82) is 0 Å². The monoisotopic (exact) mass is 1350 g/mol. The number of para-hydroxylation sites is 8. The second kappa shape index (κ2) is 22.7. The van der Waals surface area contributed by atoms with Crippen molar-refractivity contribution in [2.24, 2.45) is 0 Å². The highest BCUT2D eigenvalue weighted by Crippen LogP contribution is 2.52. The average molecular weight is 1350 g/mol. The van der Waals surface area contributed by atoms with Crippen molar-refractivity contribution in [2.75, 3.05) is 14.7 Å². The molecule has 0 spiro atoms. The molecule has 4 aromatic heterocycles. The third kappa shape index (κ3) is 8.82. The van der Waals surface area contributed by atoms with Gasteiger partial charge in [-0.3, -0.25) is 0 Å². The molecule has 23 rings (SSSR count). The molecule has 2 aliphatic heterocycles. The first kappa shape index (κ1) is 58.6. The summed E-state index contributed by atoms with van der Waals surface area (Å²) in [7, 11) is 0. The van der Waals surface area contributed by atoms with E-state index in [9.17, 15) is 0 Å². The summed E-state index contributed by atoms with van der Waals surface area (Å²) in [6.07, 6.45) is 0. The fourth-order valence-electron chi connectivity index (χ4n) is 17.6. The van der Waals surface area contributed by atoms with Gasteiger partial charge in [0, 0.05) is 111 Å². The van der Waals surface area contributed by atoms with Crippen LogP contribution >= 0.6 is 0 Å². The first-order chi connectivity index (χ1) is 52.5. The maximum Gasteiger partial charge on any atom is 0.252 e. The van der Waals surface area contributed by atoms with Crippen molar-refractivity contribution in [3.05, 3.63) is 352 Å². The highest BCUT2D eigenvalue weighted by molar-refractivity contribution is 7.00. The summed E-state index contributed by atoms with van der Waals surface area (Å²) in [5.41, 5.74) is 27.6. The number of hydrogen-bond donors (Lipinski definition) is 0. The van der Waals surface area contributed by atoms with Crippen LogP contribution in [-0.4, -0.2) is 6.71 Å². The van der Waals surface area contributed by atoms with Gasteiger partial charge in [-0.15, -0.1) is 0 Å². The Hall–Kier alpha value is -14.1. The van der Waals surface area contributed by atoms with Gasteiger partial charge < -0.3 is 32.4 Å². The van der Waals surface area contributed by atoms with E-state index >= 15 is 0 Å². The lowest BCUT2D eigenvalue weighted by atomic mass is 9.33. The summed E-state index contributed by atoms with van der Waals surface area (Å²) >= 11 is 0. The summed E-state index contributed by atoms with van der Waals surface area (Å²) in [4.78, 5) is 7.58. The van der Waals surface area contributed by atoms with Crippen LogP contribution in [0.2, 0.25) is 0 Å². The Morgan fingerprint density at radius 2 is 0.557 bits per heavy atom. The van der Waals surface area contributed by atoms with Crippen LogP contribution in [0.5, 0.6) is 0 Å². The number of nitrogens with zero attached hydrogens (tertiary/aromatic N) is 3. The van der Waals surface area contributed by atoms with E-state index in [-0.39, 0.29) is 6.71 Å². The van der Waals surface area contributed by atoms with Crippen molar-refractivity contribution < 1.29 is 17.7 Å². The lowest BCUT2D eigenvalue weighted by molar-refractivity contribution is 0.669. The zero-order valence-electron chi connectivity index (χ0n) is 57.0. The molecule has 0 saturated carbocycles. The predicted molar refractivity (Wildman–Crippen MR) is 441 cm³/mol. The zero-order valence-corrected chi connectivity index (χ0v) is 57.0. The zero-order chi connectivity index (χ0) is 69.2. The fourth-order valence-corrected chi connectivity index (χ4v) is 17.6. The molecule has 6 heterocycles. The summed E-state index contributed by atoms with van der Waals surface area (Å²) < 4.78 is 27.6. The van der Waals surface area contributed by atoms with Gasteiger partial charge in [-0.2, -0.15) is 0 Å². The Kier molecular flexibility index (Phi) is 12.5. The Morgan fingerprint density at radius 3 is 0.943 bits per heavy atom. The topological polar surface area (TPSA) is 62.3 Å². The van der Waals surface area contributed by atoms with E-state index in [4.69, 9.17) is 17.7 Å². The minimum absolute atomic E-state index is 0.293. The van der Waals surface area contributed by atoms with Crippen LogP contribution in [0.3, 0.4) is 0 Å². The largest absolute Gasteiger partial charge is 0.455 e. The Labute approximate surface area is 608 Å². The van der Waals surface area contributed by atoms with Crippen LogP contribution < -0.4 is 31.1 Å². The molecule has 0 fully saturated rings. The molecule has 0 atom stereocenters. The van der Waals surface area contributed by atoms with Crippen LogP contribution in [0, 0.1) is 0 Å².